The topological polar surface area (TPSA) is 51.7 Å². The molecule has 5 nitrogen and oxygen atoms in total. The van der Waals surface area contributed by atoms with E-state index in [0.717, 1.165) is 16.9 Å². The number of amides is 1. The Morgan fingerprint density at radius 1 is 1.25 bits per heavy atom. The maximum atomic E-state index is 12.6. The molecule has 0 aliphatic carbocycles. The SMILES string of the molecule is COc1cccc(CN2C(=O)CCSC2c2cccnc2)c1OC. The Kier molecular flexibility index (Phi) is 5.25. The van der Waals surface area contributed by atoms with Crippen LogP contribution in [0.5, 0.6) is 11.5 Å². The molecule has 1 aromatic carbocycles. The fourth-order valence-electron chi connectivity index (χ4n) is 2.85. The van der Waals surface area contributed by atoms with Crippen molar-refractivity contribution in [2.45, 2.75) is 18.3 Å². The number of carbonyl (C=O) groups is 1. The van der Waals surface area contributed by atoms with Crippen molar-refractivity contribution in [3.05, 3.63) is 53.9 Å². The summed E-state index contributed by atoms with van der Waals surface area (Å²) in [7, 11) is 3.23. The Morgan fingerprint density at radius 2 is 2.12 bits per heavy atom. The van der Waals surface area contributed by atoms with Crippen LogP contribution in [-0.2, 0) is 11.3 Å². The van der Waals surface area contributed by atoms with Crippen molar-refractivity contribution in [2.24, 2.45) is 0 Å². The first-order chi connectivity index (χ1) is 11.7. The van der Waals surface area contributed by atoms with Crippen LogP contribution >= 0.6 is 11.8 Å². The third kappa shape index (κ3) is 3.33. The van der Waals surface area contributed by atoms with Crippen molar-refractivity contribution in [2.75, 3.05) is 20.0 Å². The summed E-state index contributed by atoms with van der Waals surface area (Å²) >= 11 is 1.76. The standard InChI is InChI=1S/C18H20N2O3S/c1-22-15-7-3-5-14(17(15)23-2)12-20-16(21)8-10-24-18(20)13-6-4-9-19-11-13/h3-7,9,11,18H,8,10,12H2,1-2H3. The van der Waals surface area contributed by atoms with Crippen LogP contribution in [0.15, 0.2) is 42.7 Å². The van der Waals surface area contributed by atoms with Gasteiger partial charge in [-0.1, -0.05) is 18.2 Å². The summed E-state index contributed by atoms with van der Waals surface area (Å²) in [5, 5.41) is -0.0316. The van der Waals surface area contributed by atoms with Gasteiger partial charge in [-0.25, -0.2) is 0 Å². The van der Waals surface area contributed by atoms with Gasteiger partial charge < -0.3 is 14.4 Å². The monoisotopic (exact) mass is 344 g/mol. The van der Waals surface area contributed by atoms with Gasteiger partial charge in [0.2, 0.25) is 5.91 Å². The Morgan fingerprint density at radius 3 is 2.83 bits per heavy atom. The van der Waals surface area contributed by atoms with E-state index in [1.54, 1.807) is 32.2 Å². The minimum Gasteiger partial charge on any atom is -0.493 e. The van der Waals surface area contributed by atoms with Gasteiger partial charge in [0.1, 0.15) is 5.37 Å². The molecule has 0 saturated carbocycles. The molecule has 24 heavy (non-hydrogen) atoms. The lowest BCUT2D eigenvalue weighted by atomic mass is 10.1. The Bertz CT molecular complexity index is 709. The number of hydrogen-bond acceptors (Lipinski definition) is 5. The third-order valence-electron chi connectivity index (χ3n) is 3.99. The van der Waals surface area contributed by atoms with Gasteiger partial charge in [0.05, 0.1) is 20.8 Å². The maximum Gasteiger partial charge on any atom is 0.224 e. The first-order valence-electron chi connectivity index (χ1n) is 7.75. The van der Waals surface area contributed by atoms with Crippen LogP contribution in [0.25, 0.3) is 0 Å². The molecule has 3 rings (SSSR count). The van der Waals surface area contributed by atoms with E-state index in [0.29, 0.717) is 24.5 Å². The quantitative estimate of drug-likeness (QED) is 0.833. The van der Waals surface area contributed by atoms with Crippen molar-refractivity contribution >= 4 is 17.7 Å². The zero-order valence-electron chi connectivity index (χ0n) is 13.8. The van der Waals surface area contributed by atoms with Crippen LogP contribution in [0.4, 0.5) is 0 Å². The van der Waals surface area contributed by atoms with Crippen molar-refractivity contribution in [1.82, 2.24) is 9.88 Å². The highest BCUT2D eigenvalue weighted by molar-refractivity contribution is 7.99. The molecule has 1 fully saturated rings. The van der Waals surface area contributed by atoms with Crippen LogP contribution in [0, 0.1) is 0 Å². The zero-order valence-corrected chi connectivity index (χ0v) is 14.6. The molecule has 0 spiro atoms. The molecule has 0 radical (unpaired) electrons. The predicted molar refractivity (Wildman–Crippen MR) is 94.1 cm³/mol. The molecule has 1 saturated heterocycles. The molecule has 126 valence electrons. The summed E-state index contributed by atoms with van der Waals surface area (Å²) in [5.41, 5.74) is 1.97. The zero-order chi connectivity index (χ0) is 16.9. The lowest BCUT2D eigenvalue weighted by Gasteiger charge is -2.35. The molecule has 1 amide bonds. The molecule has 6 heteroatoms. The molecular formula is C18H20N2O3S. The van der Waals surface area contributed by atoms with Gasteiger partial charge in [-0.3, -0.25) is 9.78 Å². The lowest BCUT2D eigenvalue weighted by Crippen LogP contribution is -2.36. The number of para-hydroxylation sites is 1. The van der Waals surface area contributed by atoms with Gasteiger partial charge in [0, 0.05) is 35.7 Å². The summed E-state index contributed by atoms with van der Waals surface area (Å²) in [5.74, 6) is 2.32. The number of rotatable bonds is 5. The minimum atomic E-state index is -0.0316. The lowest BCUT2D eigenvalue weighted by molar-refractivity contribution is -0.132. The van der Waals surface area contributed by atoms with Gasteiger partial charge in [-0.15, -0.1) is 11.8 Å². The summed E-state index contributed by atoms with van der Waals surface area (Å²) in [6, 6.07) is 9.65. The van der Waals surface area contributed by atoms with Gasteiger partial charge >= 0.3 is 0 Å². The number of pyridine rings is 1. The number of ether oxygens (including phenoxy) is 2. The van der Waals surface area contributed by atoms with E-state index in [4.69, 9.17) is 9.47 Å². The first-order valence-corrected chi connectivity index (χ1v) is 8.80. The molecule has 1 aliphatic rings. The second-order valence-corrected chi connectivity index (χ2v) is 6.62. The highest BCUT2D eigenvalue weighted by Gasteiger charge is 2.31. The number of aromatic nitrogens is 1. The van der Waals surface area contributed by atoms with E-state index in [1.807, 2.05) is 41.4 Å². The van der Waals surface area contributed by atoms with Crippen LogP contribution in [0.2, 0.25) is 0 Å². The Hall–Kier alpha value is -2.21. The van der Waals surface area contributed by atoms with Crippen LogP contribution in [0.1, 0.15) is 22.9 Å². The van der Waals surface area contributed by atoms with E-state index in [9.17, 15) is 4.79 Å². The average Bonchev–Trinajstić information content (AvgIpc) is 2.63. The number of hydrogen-bond donors (Lipinski definition) is 0. The van der Waals surface area contributed by atoms with Crippen molar-refractivity contribution in [3.8, 4) is 11.5 Å². The van der Waals surface area contributed by atoms with E-state index in [-0.39, 0.29) is 11.3 Å². The van der Waals surface area contributed by atoms with Crippen LogP contribution in [0.3, 0.4) is 0 Å². The predicted octanol–water partition coefficient (Wildman–Crippen LogP) is 3.26. The van der Waals surface area contributed by atoms with Crippen LogP contribution < -0.4 is 9.47 Å². The number of nitrogens with zero attached hydrogens (tertiary/aromatic N) is 2. The first kappa shape index (κ1) is 16.6. The smallest absolute Gasteiger partial charge is 0.224 e. The Labute approximate surface area is 146 Å². The fourth-order valence-corrected chi connectivity index (χ4v) is 4.07. The molecule has 0 N–H and O–H groups in total. The van der Waals surface area contributed by atoms with Crippen molar-refractivity contribution in [3.63, 3.8) is 0 Å². The van der Waals surface area contributed by atoms with Gasteiger partial charge in [0.15, 0.2) is 11.5 Å². The van der Waals surface area contributed by atoms with Gasteiger partial charge in [-0.2, -0.15) is 0 Å². The number of thioether (sulfide) groups is 1. The molecule has 0 bridgehead atoms. The molecule has 2 heterocycles. The molecule has 1 atom stereocenters. The fraction of sp³-hybridized carbons (Fsp3) is 0.333. The number of methoxy groups -OCH3 is 2. The number of benzene rings is 1. The van der Waals surface area contributed by atoms with Crippen molar-refractivity contribution < 1.29 is 14.3 Å². The largest absolute Gasteiger partial charge is 0.493 e. The highest BCUT2D eigenvalue weighted by Crippen LogP contribution is 2.40. The van der Waals surface area contributed by atoms with Gasteiger partial charge in [0.25, 0.3) is 0 Å². The van der Waals surface area contributed by atoms with Crippen molar-refractivity contribution in [1.29, 1.82) is 0 Å². The summed E-state index contributed by atoms with van der Waals surface area (Å²) in [4.78, 5) is 18.6. The van der Waals surface area contributed by atoms with E-state index >= 15 is 0 Å². The molecular weight excluding hydrogens is 324 g/mol. The summed E-state index contributed by atoms with van der Waals surface area (Å²) in [6.45, 7) is 0.478. The molecule has 2 aromatic rings. The molecule has 1 aliphatic heterocycles. The highest BCUT2D eigenvalue weighted by atomic mass is 32.2. The summed E-state index contributed by atoms with van der Waals surface area (Å²) < 4.78 is 10.9. The molecule has 1 aromatic heterocycles. The second-order valence-electron chi connectivity index (χ2n) is 5.43. The average molecular weight is 344 g/mol. The molecule has 1 unspecified atom stereocenters. The van der Waals surface area contributed by atoms with E-state index in [1.165, 1.54) is 0 Å². The second kappa shape index (κ2) is 7.57. The normalized spacial score (nSPS) is 17.7. The minimum absolute atomic E-state index is 0.0316. The van der Waals surface area contributed by atoms with E-state index in [2.05, 4.69) is 4.98 Å². The summed E-state index contributed by atoms with van der Waals surface area (Å²) in [6.07, 6.45) is 4.12. The third-order valence-corrected chi connectivity index (χ3v) is 5.27. The van der Waals surface area contributed by atoms with Crippen LogP contribution in [-0.4, -0.2) is 35.8 Å². The number of carbonyl (C=O) groups excluding carboxylic acids is 1. The Balaban J connectivity index is 1.92. The van der Waals surface area contributed by atoms with E-state index < -0.39 is 0 Å². The van der Waals surface area contributed by atoms with Gasteiger partial charge in [-0.05, 0) is 12.1 Å². The maximum absolute atomic E-state index is 12.6.